The SMILES string of the molecule is CCOc1cc(OC)ccc1C1=NC(CC)C(c2ccc(Cl)cc2)N1C(=O)N1CCNC(=O)C1. The number of benzene rings is 2. The molecule has 34 heavy (non-hydrogen) atoms. The van der Waals surface area contributed by atoms with Crippen LogP contribution in [0, 0.1) is 0 Å². The molecular formula is C25H29ClN4O4. The van der Waals surface area contributed by atoms with Crippen molar-refractivity contribution in [1.29, 1.82) is 0 Å². The van der Waals surface area contributed by atoms with Crippen molar-refractivity contribution in [3.8, 4) is 11.5 Å². The number of aliphatic imine (C=N–C) groups is 1. The van der Waals surface area contributed by atoms with E-state index in [1.54, 1.807) is 23.0 Å². The zero-order valence-corrected chi connectivity index (χ0v) is 20.3. The highest BCUT2D eigenvalue weighted by atomic mass is 35.5. The minimum atomic E-state index is -0.341. The highest BCUT2D eigenvalue weighted by Crippen LogP contribution is 2.39. The molecule has 1 saturated heterocycles. The van der Waals surface area contributed by atoms with Crippen LogP contribution < -0.4 is 14.8 Å². The number of amidine groups is 1. The van der Waals surface area contributed by atoms with Crippen LogP contribution in [0.15, 0.2) is 47.5 Å². The first-order valence-corrected chi connectivity index (χ1v) is 11.8. The van der Waals surface area contributed by atoms with E-state index in [0.29, 0.717) is 47.6 Å². The number of nitrogens with zero attached hydrogens (tertiary/aromatic N) is 3. The van der Waals surface area contributed by atoms with Crippen LogP contribution in [0.5, 0.6) is 11.5 Å². The number of ether oxygens (including phenoxy) is 2. The Hall–Kier alpha value is -3.26. The standard InChI is InChI=1S/C25H29ClN4O4/c1-4-20-23(16-6-8-17(26)9-7-16)30(25(32)29-13-12-27-22(31)15-29)24(28-20)19-11-10-18(33-3)14-21(19)34-5-2/h6-11,14,20,23H,4-5,12-13,15H2,1-3H3,(H,27,31). The second-order valence-corrected chi connectivity index (χ2v) is 8.58. The van der Waals surface area contributed by atoms with Gasteiger partial charge in [-0.15, -0.1) is 0 Å². The number of urea groups is 1. The third-order valence-electron chi connectivity index (χ3n) is 6.03. The number of nitrogens with one attached hydrogen (secondary N) is 1. The summed E-state index contributed by atoms with van der Waals surface area (Å²) in [6, 6.07) is 12.2. The van der Waals surface area contributed by atoms with Gasteiger partial charge in [-0.1, -0.05) is 30.7 Å². The summed E-state index contributed by atoms with van der Waals surface area (Å²) in [6.45, 7) is 5.26. The molecule has 0 aromatic heterocycles. The summed E-state index contributed by atoms with van der Waals surface area (Å²) in [5.41, 5.74) is 1.63. The molecule has 1 fully saturated rings. The molecule has 0 aliphatic carbocycles. The van der Waals surface area contributed by atoms with Gasteiger partial charge in [0.2, 0.25) is 5.91 Å². The molecule has 180 valence electrons. The Kier molecular flexibility index (Phi) is 7.26. The summed E-state index contributed by atoms with van der Waals surface area (Å²) >= 11 is 6.14. The lowest BCUT2D eigenvalue weighted by Gasteiger charge is -2.35. The molecule has 2 aromatic carbocycles. The number of rotatable bonds is 6. The van der Waals surface area contributed by atoms with Gasteiger partial charge in [0, 0.05) is 24.2 Å². The maximum atomic E-state index is 13.9. The van der Waals surface area contributed by atoms with Gasteiger partial charge in [0.25, 0.3) is 0 Å². The van der Waals surface area contributed by atoms with Crippen LogP contribution in [-0.4, -0.2) is 67.0 Å². The molecule has 2 unspecified atom stereocenters. The maximum Gasteiger partial charge on any atom is 0.326 e. The molecule has 0 spiro atoms. The fraction of sp³-hybridized carbons (Fsp3) is 0.400. The van der Waals surface area contributed by atoms with Crippen molar-refractivity contribution in [1.82, 2.24) is 15.1 Å². The fourth-order valence-corrected chi connectivity index (χ4v) is 4.52. The van der Waals surface area contributed by atoms with Crippen LogP contribution in [0.4, 0.5) is 4.79 Å². The van der Waals surface area contributed by atoms with Gasteiger partial charge in [-0.05, 0) is 43.2 Å². The van der Waals surface area contributed by atoms with Gasteiger partial charge in [0.05, 0.1) is 31.4 Å². The first-order chi connectivity index (χ1) is 16.5. The van der Waals surface area contributed by atoms with E-state index in [1.165, 1.54) is 0 Å². The molecule has 2 aliphatic rings. The largest absolute Gasteiger partial charge is 0.497 e. The monoisotopic (exact) mass is 484 g/mol. The highest BCUT2D eigenvalue weighted by molar-refractivity contribution is 6.30. The molecule has 4 rings (SSSR count). The Bertz CT molecular complexity index is 1090. The van der Waals surface area contributed by atoms with E-state index in [4.69, 9.17) is 26.1 Å². The van der Waals surface area contributed by atoms with Crippen molar-refractivity contribution in [3.63, 3.8) is 0 Å². The maximum absolute atomic E-state index is 13.9. The van der Waals surface area contributed by atoms with Crippen LogP contribution in [0.2, 0.25) is 5.02 Å². The van der Waals surface area contributed by atoms with Gasteiger partial charge in [0.15, 0.2) is 0 Å². The van der Waals surface area contributed by atoms with E-state index >= 15 is 0 Å². The van der Waals surface area contributed by atoms with E-state index < -0.39 is 0 Å². The summed E-state index contributed by atoms with van der Waals surface area (Å²) in [7, 11) is 1.60. The summed E-state index contributed by atoms with van der Waals surface area (Å²) in [5, 5.41) is 3.40. The van der Waals surface area contributed by atoms with Crippen LogP contribution >= 0.6 is 11.6 Å². The molecule has 0 bridgehead atoms. The third kappa shape index (κ3) is 4.68. The van der Waals surface area contributed by atoms with Crippen molar-refractivity contribution >= 4 is 29.4 Å². The number of hydrogen-bond acceptors (Lipinski definition) is 5. The van der Waals surface area contributed by atoms with E-state index in [0.717, 1.165) is 12.0 Å². The van der Waals surface area contributed by atoms with E-state index in [9.17, 15) is 9.59 Å². The van der Waals surface area contributed by atoms with Gasteiger partial charge in [-0.2, -0.15) is 0 Å². The minimum absolute atomic E-state index is 0.00761. The summed E-state index contributed by atoms with van der Waals surface area (Å²) in [5.74, 6) is 1.58. The first kappa shape index (κ1) is 23.9. The van der Waals surface area contributed by atoms with Crippen molar-refractivity contribution in [2.45, 2.75) is 32.4 Å². The molecule has 2 atom stereocenters. The van der Waals surface area contributed by atoms with E-state index in [-0.39, 0.29) is 30.6 Å². The van der Waals surface area contributed by atoms with Crippen LogP contribution in [0.3, 0.4) is 0 Å². The molecule has 0 radical (unpaired) electrons. The Labute approximate surface area is 204 Å². The summed E-state index contributed by atoms with van der Waals surface area (Å²) in [6.07, 6.45) is 0.723. The molecular weight excluding hydrogens is 456 g/mol. The second-order valence-electron chi connectivity index (χ2n) is 8.14. The number of hydrogen-bond donors (Lipinski definition) is 1. The fourth-order valence-electron chi connectivity index (χ4n) is 4.39. The van der Waals surface area contributed by atoms with Crippen LogP contribution in [0.1, 0.15) is 37.4 Å². The van der Waals surface area contributed by atoms with Gasteiger partial charge in [0.1, 0.15) is 23.9 Å². The molecule has 3 amide bonds. The topological polar surface area (TPSA) is 83.5 Å². The van der Waals surface area contributed by atoms with Crippen LogP contribution in [-0.2, 0) is 4.79 Å². The van der Waals surface area contributed by atoms with Crippen molar-refractivity contribution in [2.75, 3.05) is 33.4 Å². The average molecular weight is 485 g/mol. The normalized spacial score (nSPS) is 20.1. The van der Waals surface area contributed by atoms with Gasteiger partial charge in [-0.3, -0.25) is 14.7 Å². The second kappa shape index (κ2) is 10.3. The van der Waals surface area contributed by atoms with Crippen molar-refractivity contribution in [3.05, 3.63) is 58.6 Å². The van der Waals surface area contributed by atoms with Gasteiger partial charge < -0.3 is 19.7 Å². The molecule has 2 aliphatic heterocycles. The molecule has 8 nitrogen and oxygen atoms in total. The zero-order valence-electron chi connectivity index (χ0n) is 19.6. The number of halogens is 1. The third-order valence-corrected chi connectivity index (χ3v) is 6.29. The van der Waals surface area contributed by atoms with E-state index in [2.05, 4.69) is 12.2 Å². The minimum Gasteiger partial charge on any atom is -0.497 e. The Morgan fingerprint density at radius 3 is 2.62 bits per heavy atom. The number of carbonyl (C=O) groups is 2. The predicted octanol–water partition coefficient (Wildman–Crippen LogP) is 3.88. The lowest BCUT2D eigenvalue weighted by molar-refractivity contribution is -0.123. The number of methoxy groups -OCH3 is 1. The Balaban J connectivity index is 1.82. The molecule has 9 heteroatoms. The predicted molar refractivity (Wildman–Crippen MR) is 131 cm³/mol. The number of amides is 3. The molecule has 2 heterocycles. The highest BCUT2D eigenvalue weighted by Gasteiger charge is 2.43. The zero-order chi connectivity index (χ0) is 24.2. The van der Waals surface area contributed by atoms with Gasteiger partial charge in [-0.25, -0.2) is 4.79 Å². The Morgan fingerprint density at radius 1 is 1.21 bits per heavy atom. The number of piperazine rings is 1. The average Bonchev–Trinajstić information content (AvgIpc) is 3.23. The summed E-state index contributed by atoms with van der Waals surface area (Å²) < 4.78 is 11.3. The number of carbonyl (C=O) groups excluding carboxylic acids is 2. The lowest BCUT2D eigenvalue weighted by Crippen LogP contribution is -2.55. The van der Waals surface area contributed by atoms with E-state index in [1.807, 2.05) is 43.3 Å². The van der Waals surface area contributed by atoms with Crippen molar-refractivity contribution in [2.24, 2.45) is 4.99 Å². The molecule has 0 saturated carbocycles. The lowest BCUT2D eigenvalue weighted by atomic mass is 9.97. The molecule has 1 N–H and O–H groups in total. The van der Waals surface area contributed by atoms with Gasteiger partial charge >= 0.3 is 6.03 Å². The van der Waals surface area contributed by atoms with Crippen LogP contribution in [0.25, 0.3) is 0 Å². The smallest absolute Gasteiger partial charge is 0.326 e. The van der Waals surface area contributed by atoms with Crippen molar-refractivity contribution < 1.29 is 19.1 Å². The molecule has 2 aromatic rings. The first-order valence-electron chi connectivity index (χ1n) is 11.5. The quantitative estimate of drug-likeness (QED) is 0.674. The summed E-state index contributed by atoms with van der Waals surface area (Å²) in [4.78, 5) is 34.3. The Morgan fingerprint density at radius 2 is 1.97 bits per heavy atom.